The van der Waals surface area contributed by atoms with Crippen LogP contribution in [0.25, 0.3) is 10.1 Å². The molecule has 192 valence electrons. The smallest absolute Gasteiger partial charge is 0.220 e. The van der Waals surface area contributed by atoms with E-state index in [9.17, 15) is 4.79 Å². The van der Waals surface area contributed by atoms with Gasteiger partial charge in [0.2, 0.25) is 5.91 Å². The van der Waals surface area contributed by atoms with Crippen LogP contribution in [-0.4, -0.2) is 67.8 Å². The number of aromatic nitrogens is 1. The number of carbonyl (C=O) groups is 1. The summed E-state index contributed by atoms with van der Waals surface area (Å²) >= 11 is 1.80. The number of methoxy groups -OCH3 is 1. The Morgan fingerprint density at radius 3 is 2.71 bits per heavy atom. The van der Waals surface area contributed by atoms with Crippen molar-refractivity contribution < 1.29 is 9.53 Å². The van der Waals surface area contributed by atoms with E-state index in [4.69, 9.17) is 9.72 Å². The largest absolute Gasteiger partial charge is 0.381 e. The molecule has 1 aliphatic heterocycles. The van der Waals surface area contributed by atoms with Gasteiger partial charge in [0.05, 0.1) is 6.10 Å². The summed E-state index contributed by atoms with van der Waals surface area (Å²) in [5.41, 5.74) is 0. The van der Waals surface area contributed by atoms with E-state index in [-0.39, 0.29) is 5.91 Å². The van der Waals surface area contributed by atoms with Gasteiger partial charge in [-0.05, 0) is 87.3 Å². The number of amides is 1. The van der Waals surface area contributed by atoms with Crippen LogP contribution in [0.4, 0.5) is 5.82 Å². The lowest BCUT2D eigenvalue weighted by Gasteiger charge is -2.37. The zero-order chi connectivity index (χ0) is 24.0. The van der Waals surface area contributed by atoms with Crippen LogP contribution in [0.3, 0.4) is 0 Å². The summed E-state index contributed by atoms with van der Waals surface area (Å²) in [6.45, 7) is 5.57. The van der Waals surface area contributed by atoms with Crippen molar-refractivity contribution in [1.82, 2.24) is 15.2 Å². The molecule has 5 rings (SSSR count). The number of piperazine rings is 1. The zero-order valence-corrected chi connectivity index (χ0v) is 22.1. The summed E-state index contributed by atoms with van der Waals surface area (Å²) in [7, 11) is 1.80. The van der Waals surface area contributed by atoms with Crippen molar-refractivity contribution in [2.75, 3.05) is 44.7 Å². The second kappa shape index (κ2) is 12.0. The number of carbonyl (C=O) groups excluding carboxylic acids is 1. The molecule has 3 heterocycles. The highest BCUT2D eigenvalue weighted by molar-refractivity contribution is 7.17. The third-order valence-electron chi connectivity index (χ3n) is 8.64. The molecule has 1 saturated heterocycles. The second-order valence-corrected chi connectivity index (χ2v) is 11.9. The molecule has 2 saturated carbocycles. The Morgan fingerprint density at radius 1 is 1.09 bits per heavy atom. The molecule has 2 aliphatic carbocycles. The standard InChI is InChI=1S/C28H42N4O2S/c1-34-24-4-2-3-22(19-24)20-27(33)30-23-7-5-21(6-8-23)10-13-31-14-16-32(17-15-31)28-25-11-18-35-26(25)9-12-29-28/h9,11-12,18,21-24H,2-8,10,13-17,19-20H2,1H3,(H,30,33)/t21?,22-,23?,24-/m0/s1. The van der Waals surface area contributed by atoms with Gasteiger partial charge in [-0.1, -0.05) is 6.42 Å². The minimum Gasteiger partial charge on any atom is -0.381 e. The Balaban J connectivity index is 0.980. The summed E-state index contributed by atoms with van der Waals surface area (Å²) < 4.78 is 6.86. The molecule has 2 atom stereocenters. The van der Waals surface area contributed by atoms with Crippen LogP contribution in [0.5, 0.6) is 0 Å². The quantitative estimate of drug-likeness (QED) is 0.550. The number of hydrogen-bond acceptors (Lipinski definition) is 6. The molecule has 6 nitrogen and oxygen atoms in total. The van der Waals surface area contributed by atoms with Crippen molar-refractivity contribution in [1.29, 1.82) is 0 Å². The fourth-order valence-corrected chi connectivity index (χ4v) is 7.24. The molecule has 35 heavy (non-hydrogen) atoms. The SMILES string of the molecule is CO[C@H]1CCC[C@H](CC(=O)NC2CCC(CCN3CCN(c4nccc5sccc45)CC3)CC2)C1. The van der Waals surface area contributed by atoms with Gasteiger partial charge in [0.25, 0.3) is 0 Å². The highest BCUT2D eigenvalue weighted by Crippen LogP contribution is 2.31. The maximum absolute atomic E-state index is 12.6. The number of thiophene rings is 1. The number of anilines is 1. The van der Waals surface area contributed by atoms with Gasteiger partial charge in [0, 0.05) is 62.0 Å². The summed E-state index contributed by atoms with van der Waals surface area (Å²) in [6.07, 6.45) is 13.6. The fourth-order valence-electron chi connectivity index (χ4n) is 6.47. The van der Waals surface area contributed by atoms with Gasteiger partial charge in [0.15, 0.2) is 0 Å². The van der Waals surface area contributed by atoms with Crippen molar-refractivity contribution >= 4 is 33.1 Å². The summed E-state index contributed by atoms with van der Waals surface area (Å²) in [5, 5.41) is 6.82. The van der Waals surface area contributed by atoms with Gasteiger partial charge in [-0.2, -0.15) is 0 Å². The Morgan fingerprint density at radius 2 is 1.91 bits per heavy atom. The van der Waals surface area contributed by atoms with E-state index in [1.54, 1.807) is 18.4 Å². The van der Waals surface area contributed by atoms with E-state index in [0.29, 0.717) is 24.5 Å². The summed E-state index contributed by atoms with van der Waals surface area (Å²) in [6, 6.07) is 4.71. The predicted octanol–water partition coefficient (Wildman–Crippen LogP) is 5.08. The van der Waals surface area contributed by atoms with Gasteiger partial charge in [-0.25, -0.2) is 4.98 Å². The number of nitrogens with zero attached hydrogens (tertiary/aromatic N) is 3. The Kier molecular flexibility index (Phi) is 8.58. The van der Waals surface area contributed by atoms with Gasteiger partial charge >= 0.3 is 0 Å². The van der Waals surface area contributed by atoms with Gasteiger partial charge in [-0.15, -0.1) is 11.3 Å². The summed E-state index contributed by atoms with van der Waals surface area (Å²) in [4.78, 5) is 22.4. The van der Waals surface area contributed by atoms with E-state index >= 15 is 0 Å². The van der Waals surface area contributed by atoms with Crippen molar-refractivity contribution in [2.24, 2.45) is 11.8 Å². The Bertz CT molecular complexity index is 949. The van der Waals surface area contributed by atoms with Crippen LogP contribution >= 0.6 is 11.3 Å². The van der Waals surface area contributed by atoms with Crippen LogP contribution in [0, 0.1) is 11.8 Å². The van der Waals surface area contributed by atoms with E-state index in [2.05, 4.69) is 32.6 Å². The maximum Gasteiger partial charge on any atom is 0.220 e. The molecule has 3 aliphatic rings. The molecule has 0 bridgehead atoms. The predicted molar refractivity (Wildman–Crippen MR) is 144 cm³/mol. The number of nitrogens with one attached hydrogen (secondary N) is 1. The van der Waals surface area contributed by atoms with Gasteiger partial charge < -0.3 is 15.0 Å². The van der Waals surface area contributed by atoms with Crippen LogP contribution < -0.4 is 10.2 Å². The average molecular weight is 499 g/mol. The lowest BCUT2D eigenvalue weighted by Crippen LogP contribution is -2.47. The first-order chi connectivity index (χ1) is 17.2. The van der Waals surface area contributed by atoms with Crippen molar-refractivity contribution in [3.8, 4) is 0 Å². The lowest BCUT2D eigenvalue weighted by atomic mass is 9.83. The minimum atomic E-state index is 0.265. The molecule has 2 aromatic rings. The minimum absolute atomic E-state index is 0.265. The highest BCUT2D eigenvalue weighted by atomic mass is 32.1. The molecule has 0 unspecified atom stereocenters. The molecular weight excluding hydrogens is 456 g/mol. The number of rotatable bonds is 8. The molecule has 1 N–H and O–H groups in total. The molecule has 0 spiro atoms. The lowest BCUT2D eigenvalue weighted by molar-refractivity contribution is -0.123. The number of pyridine rings is 1. The first-order valence-corrected chi connectivity index (χ1v) is 14.7. The van der Waals surface area contributed by atoms with Crippen LogP contribution in [0.15, 0.2) is 23.7 Å². The number of ether oxygens (including phenoxy) is 1. The van der Waals surface area contributed by atoms with E-state index in [1.807, 2.05) is 6.20 Å². The molecular formula is C28H42N4O2S. The third-order valence-corrected chi connectivity index (χ3v) is 9.52. The zero-order valence-electron chi connectivity index (χ0n) is 21.3. The number of fused-ring (bicyclic) bond motifs is 1. The van der Waals surface area contributed by atoms with Crippen molar-refractivity contribution in [3.05, 3.63) is 23.7 Å². The molecule has 2 aromatic heterocycles. The topological polar surface area (TPSA) is 57.7 Å². The van der Waals surface area contributed by atoms with Crippen LogP contribution in [0.1, 0.15) is 64.2 Å². The van der Waals surface area contributed by atoms with E-state index in [1.165, 1.54) is 48.7 Å². The van der Waals surface area contributed by atoms with E-state index in [0.717, 1.165) is 63.6 Å². The van der Waals surface area contributed by atoms with Gasteiger partial charge in [0.1, 0.15) is 5.82 Å². The Hall–Kier alpha value is -1.70. The molecule has 0 radical (unpaired) electrons. The molecule has 7 heteroatoms. The monoisotopic (exact) mass is 498 g/mol. The summed E-state index contributed by atoms with van der Waals surface area (Å²) in [5.74, 6) is 2.73. The first kappa shape index (κ1) is 25.0. The first-order valence-electron chi connectivity index (χ1n) is 13.8. The molecule has 1 amide bonds. The van der Waals surface area contributed by atoms with Gasteiger partial charge in [-0.3, -0.25) is 9.69 Å². The maximum atomic E-state index is 12.6. The molecule has 0 aromatic carbocycles. The van der Waals surface area contributed by atoms with Crippen molar-refractivity contribution in [3.63, 3.8) is 0 Å². The fraction of sp³-hybridized carbons (Fsp3) is 0.714. The normalized spacial score (nSPS) is 28.3. The number of hydrogen-bond donors (Lipinski definition) is 1. The van der Waals surface area contributed by atoms with Crippen LogP contribution in [-0.2, 0) is 9.53 Å². The van der Waals surface area contributed by atoms with Crippen LogP contribution in [0.2, 0.25) is 0 Å². The highest BCUT2D eigenvalue weighted by Gasteiger charge is 2.27. The molecule has 3 fully saturated rings. The second-order valence-electron chi connectivity index (χ2n) is 11.0. The van der Waals surface area contributed by atoms with E-state index < -0.39 is 0 Å². The third kappa shape index (κ3) is 6.55. The Labute approximate surface area is 214 Å². The van der Waals surface area contributed by atoms with Crippen molar-refractivity contribution in [2.45, 2.75) is 76.4 Å². The average Bonchev–Trinajstić information content (AvgIpc) is 3.38.